The Bertz CT molecular complexity index is 1310. The number of carbonyl (C=O) groups is 1. The molecule has 1 atom stereocenters. The van der Waals surface area contributed by atoms with Gasteiger partial charge in [-0.3, -0.25) is 4.79 Å². The average molecular weight is 487 g/mol. The fourth-order valence-corrected chi connectivity index (χ4v) is 4.38. The third kappa shape index (κ3) is 5.72. The van der Waals surface area contributed by atoms with E-state index in [1.54, 1.807) is 31.4 Å². The predicted molar refractivity (Wildman–Crippen MR) is 119 cm³/mol. The van der Waals surface area contributed by atoms with Gasteiger partial charge in [-0.2, -0.15) is 0 Å². The first-order valence-corrected chi connectivity index (χ1v) is 11.9. The lowest BCUT2D eigenvalue weighted by atomic mass is 10.3. The van der Waals surface area contributed by atoms with E-state index in [0.717, 1.165) is 0 Å². The van der Waals surface area contributed by atoms with Crippen LogP contribution in [0.15, 0.2) is 75.6 Å². The molecule has 0 aliphatic rings. The average Bonchev–Trinajstić information content (AvgIpc) is 3.47. The maximum Gasteiger partial charge on any atom is 0.264 e. The van der Waals surface area contributed by atoms with Crippen molar-refractivity contribution in [1.29, 1.82) is 0 Å². The Kier molecular flexibility index (Phi) is 6.65. The lowest BCUT2D eigenvalue weighted by Gasteiger charge is -2.12. The summed E-state index contributed by atoms with van der Waals surface area (Å²) in [6.07, 6.45) is 4.42. The number of rotatable bonds is 9. The lowest BCUT2D eigenvalue weighted by molar-refractivity contribution is -0.115. The number of tetrazole rings is 1. The number of hydrogen-bond acceptors (Lipinski definition) is 10. The first kappa shape index (κ1) is 22.4. The number of benzene rings is 1. The van der Waals surface area contributed by atoms with Crippen molar-refractivity contribution in [2.75, 3.05) is 10.0 Å². The highest BCUT2D eigenvalue weighted by atomic mass is 32.2. The third-order valence-electron chi connectivity index (χ3n) is 4.26. The SMILES string of the molecule is CC(Sc1nnnn1Cc1ccco1)C(=O)Nc1ccc(S(=O)(=O)Nc2ncccn2)cc1. The van der Waals surface area contributed by atoms with Crippen molar-refractivity contribution in [3.8, 4) is 0 Å². The molecule has 0 aliphatic carbocycles. The van der Waals surface area contributed by atoms with Gasteiger partial charge in [0.1, 0.15) is 12.3 Å². The van der Waals surface area contributed by atoms with E-state index in [4.69, 9.17) is 4.42 Å². The van der Waals surface area contributed by atoms with E-state index in [1.165, 1.54) is 53.1 Å². The molecular weight excluding hydrogens is 468 g/mol. The topological polar surface area (TPSA) is 158 Å². The molecule has 2 N–H and O–H groups in total. The Morgan fingerprint density at radius 3 is 2.61 bits per heavy atom. The molecule has 0 fully saturated rings. The second-order valence-electron chi connectivity index (χ2n) is 6.65. The van der Waals surface area contributed by atoms with Gasteiger partial charge in [0.25, 0.3) is 10.0 Å². The van der Waals surface area contributed by atoms with Crippen molar-refractivity contribution in [3.05, 3.63) is 66.9 Å². The van der Waals surface area contributed by atoms with E-state index in [1.807, 2.05) is 0 Å². The summed E-state index contributed by atoms with van der Waals surface area (Å²) < 4.78 is 34.0. The number of carbonyl (C=O) groups excluding carboxylic acids is 1. The highest BCUT2D eigenvalue weighted by Gasteiger charge is 2.20. The molecule has 14 heteroatoms. The molecule has 0 saturated carbocycles. The van der Waals surface area contributed by atoms with E-state index in [9.17, 15) is 13.2 Å². The highest BCUT2D eigenvalue weighted by molar-refractivity contribution is 8.00. The number of thioether (sulfide) groups is 1. The molecular formula is C19H18N8O4S2. The van der Waals surface area contributed by atoms with Crippen LogP contribution in [-0.4, -0.2) is 49.8 Å². The van der Waals surface area contributed by atoms with Crippen molar-refractivity contribution in [2.24, 2.45) is 0 Å². The molecule has 1 unspecified atom stereocenters. The minimum absolute atomic E-state index is 0.00692. The molecule has 0 spiro atoms. The molecule has 0 aliphatic heterocycles. The zero-order valence-electron chi connectivity index (χ0n) is 17.2. The molecule has 4 aromatic rings. The van der Waals surface area contributed by atoms with Crippen LogP contribution in [0.3, 0.4) is 0 Å². The summed E-state index contributed by atoms with van der Waals surface area (Å²) in [5.74, 6) is 0.360. The first-order chi connectivity index (χ1) is 15.9. The van der Waals surface area contributed by atoms with Gasteiger partial charge in [-0.15, -0.1) is 5.10 Å². The molecule has 0 saturated heterocycles. The summed E-state index contributed by atoms with van der Waals surface area (Å²) in [6, 6.07) is 10.9. The number of nitrogens with zero attached hydrogens (tertiary/aromatic N) is 6. The van der Waals surface area contributed by atoms with Crippen LogP contribution in [0.25, 0.3) is 0 Å². The van der Waals surface area contributed by atoms with Gasteiger partial charge in [-0.05, 0) is 59.8 Å². The van der Waals surface area contributed by atoms with Crippen molar-refractivity contribution >= 4 is 39.3 Å². The van der Waals surface area contributed by atoms with Gasteiger partial charge < -0.3 is 9.73 Å². The molecule has 3 aromatic heterocycles. The van der Waals surface area contributed by atoms with Crippen molar-refractivity contribution in [2.45, 2.75) is 28.8 Å². The van der Waals surface area contributed by atoms with E-state index in [2.05, 4.69) is 35.5 Å². The molecule has 3 heterocycles. The van der Waals surface area contributed by atoms with E-state index in [-0.39, 0.29) is 16.8 Å². The van der Waals surface area contributed by atoms with E-state index >= 15 is 0 Å². The monoisotopic (exact) mass is 486 g/mol. The molecule has 4 rings (SSSR count). The van der Waals surface area contributed by atoms with Crippen LogP contribution in [0.2, 0.25) is 0 Å². The summed E-state index contributed by atoms with van der Waals surface area (Å²) in [6.45, 7) is 2.06. The van der Waals surface area contributed by atoms with Gasteiger partial charge in [0.2, 0.25) is 17.0 Å². The highest BCUT2D eigenvalue weighted by Crippen LogP contribution is 2.23. The summed E-state index contributed by atoms with van der Waals surface area (Å²) in [4.78, 5) is 20.3. The molecule has 12 nitrogen and oxygen atoms in total. The smallest absolute Gasteiger partial charge is 0.264 e. The minimum Gasteiger partial charge on any atom is -0.467 e. The summed E-state index contributed by atoms with van der Waals surface area (Å²) in [5, 5.41) is 14.2. The number of nitrogens with one attached hydrogen (secondary N) is 2. The zero-order valence-corrected chi connectivity index (χ0v) is 18.8. The summed E-state index contributed by atoms with van der Waals surface area (Å²) in [7, 11) is -3.86. The molecule has 170 valence electrons. The Morgan fingerprint density at radius 2 is 1.91 bits per heavy atom. The van der Waals surface area contributed by atoms with Crippen molar-refractivity contribution < 1.29 is 17.6 Å². The maximum atomic E-state index is 12.6. The molecule has 0 radical (unpaired) electrons. The van der Waals surface area contributed by atoms with E-state index in [0.29, 0.717) is 23.1 Å². The van der Waals surface area contributed by atoms with Gasteiger partial charge in [-0.1, -0.05) is 11.8 Å². The third-order valence-corrected chi connectivity index (χ3v) is 6.67. The van der Waals surface area contributed by atoms with Crippen LogP contribution in [0, 0.1) is 0 Å². The molecule has 33 heavy (non-hydrogen) atoms. The molecule has 1 aromatic carbocycles. The number of anilines is 2. The van der Waals surface area contributed by atoms with Gasteiger partial charge in [0.05, 0.1) is 16.4 Å². The predicted octanol–water partition coefficient (Wildman–Crippen LogP) is 2.02. The van der Waals surface area contributed by atoms with Crippen LogP contribution in [0.1, 0.15) is 12.7 Å². The van der Waals surface area contributed by atoms with Crippen molar-refractivity contribution in [3.63, 3.8) is 0 Å². The number of sulfonamides is 1. The second kappa shape index (κ2) is 9.79. The largest absolute Gasteiger partial charge is 0.467 e. The van der Waals surface area contributed by atoms with Crippen molar-refractivity contribution in [1.82, 2.24) is 30.2 Å². The van der Waals surface area contributed by atoms with Gasteiger partial charge in [0, 0.05) is 18.1 Å². The molecule has 0 bridgehead atoms. The van der Waals surface area contributed by atoms with Crippen LogP contribution in [-0.2, 0) is 21.4 Å². The van der Waals surface area contributed by atoms with Crippen LogP contribution in [0.5, 0.6) is 0 Å². The fraction of sp³-hybridized carbons (Fsp3) is 0.158. The quantitative estimate of drug-likeness (QED) is 0.335. The number of hydrogen-bond donors (Lipinski definition) is 2. The summed E-state index contributed by atoms with van der Waals surface area (Å²) >= 11 is 1.19. The Labute approximate surface area is 192 Å². The number of aromatic nitrogens is 6. The molecule has 1 amide bonds. The Hall–Kier alpha value is -3.78. The van der Waals surface area contributed by atoms with Gasteiger partial charge in [0.15, 0.2) is 0 Å². The fourth-order valence-electron chi connectivity index (χ4n) is 2.63. The second-order valence-corrected chi connectivity index (χ2v) is 9.64. The van der Waals surface area contributed by atoms with E-state index < -0.39 is 15.3 Å². The zero-order chi connectivity index (χ0) is 23.3. The normalized spacial score (nSPS) is 12.3. The van der Waals surface area contributed by atoms with Crippen LogP contribution >= 0.6 is 11.8 Å². The van der Waals surface area contributed by atoms with Crippen LogP contribution < -0.4 is 10.0 Å². The maximum absolute atomic E-state index is 12.6. The Balaban J connectivity index is 1.36. The number of furan rings is 1. The first-order valence-electron chi connectivity index (χ1n) is 9.57. The summed E-state index contributed by atoms with van der Waals surface area (Å²) in [5.41, 5.74) is 0.442. The lowest BCUT2D eigenvalue weighted by Crippen LogP contribution is -2.23. The number of amides is 1. The van der Waals surface area contributed by atoms with Crippen LogP contribution in [0.4, 0.5) is 11.6 Å². The Morgan fingerprint density at radius 1 is 1.15 bits per heavy atom. The van der Waals surface area contributed by atoms with Gasteiger partial charge in [-0.25, -0.2) is 27.8 Å². The standard InChI is InChI=1S/C19H18N8O4S2/c1-13(32-19-23-25-26-27(19)12-15-4-2-11-31-15)17(28)22-14-5-7-16(8-6-14)33(29,30)24-18-20-9-3-10-21-18/h2-11,13H,12H2,1H3,(H,22,28)(H,20,21,24). The van der Waals surface area contributed by atoms with Gasteiger partial charge >= 0.3 is 0 Å². The minimum atomic E-state index is -3.86.